The number of methoxy groups -OCH3 is 2. The van der Waals surface area contributed by atoms with Gasteiger partial charge in [-0.15, -0.1) is 5.10 Å². The minimum atomic E-state index is -0.230. The van der Waals surface area contributed by atoms with Crippen LogP contribution in [0.3, 0.4) is 0 Å². The van der Waals surface area contributed by atoms with Crippen LogP contribution in [0, 0.1) is 0 Å². The normalized spacial score (nSPS) is 15.9. The molecular weight excluding hydrogens is 474 g/mol. The lowest BCUT2D eigenvalue weighted by Crippen LogP contribution is -2.49. The Morgan fingerprint density at radius 3 is 2.50 bits per heavy atom. The molecule has 2 aromatic carbocycles. The van der Waals surface area contributed by atoms with Crippen LogP contribution in [0.2, 0.25) is 0 Å². The fourth-order valence-corrected chi connectivity index (χ4v) is 5.68. The molecule has 0 spiro atoms. The molecule has 0 amide bonds. The maximum absolute atomic E-state index is 5.81. The molecule has 0 radical (unpaired) electrons. The highest BCUT2D eigenvalue weighted by molar-refractivity contribution is 7.22. The van der Waals surface area contributed by atoms with E-state index >= 15 is 0 Å². The number of hydrogen-bond acceptors (Lipinski definition) is 9. The lowest BCUT2D eigenvalue weighted by atomic mass is 9.98. The van der Waals surface area contributed by atoms with Gasteiger partial charge in [-0.1, -0.05) is 30.4 Å². The molecule has 0 saturated carbocycles. The Kier molecular flexibility index (Phi) is 6.81. The van der Waals surface area contributed by atoms with Crippen LogP contribution in [0.1, 0.15) is 44.6 Å². The summed E-state index contributed by atoms with van der Waals surface area (Å²) >= 11 is 1.75. The molecule has 0 unspecified atom stereocenters. The predicted molar refractivity (Wildman–Crippen MR) is 142 cm³/mol. The highest BCUT2D eigenvalue weighted by Gasteiger charge is 2.36. The summed E-state index contributed by atoms with van der Waals surface area (Å²) < 4.78 is 14.6. The van der Waals surface area contributed by atoms with E-state index in [-0.39, 0.29) is 11.6 Å². The lowest BCUT2D eigenvalue weighted by molar-refractivity contribution is 0.184. The number of piperazine rings is 1. The number of hydrogen-bond donors (Lipinski definition) is 0. The third kappa shape index (κ3) is 4.51. The number of thiazole rings is 1. The molecule has 2 aromatic heterocycles. The molecule has 36 heavy (non-hydrogen) atoms. The average Bonchev–Trinajstić information content (AvgIpc) is 3.57. The van der Waals surface area contributed by atoms with Crippen LogP contribution in [0.15, 0.2) is 42.5 Å². The number of para-hydroxylation sites is 1. The summed E-state index contributed by atoms with van der Waals surface area (Å²) in [6, 6.07) is 14.0. The maximum Gasteiger partial charge on any atom is 0.186 e. The largest absolute Gasteiger partial charge is 0.497 e. The third-order valence-electron chi connectivity index (χ3n) is 7.14. The molecule has 1 fully saturated rings. The summed E-state index contributed by atoms with van der Waals surface area (Å²) in [6.45, 7) is 9.88. The Morgan fingerprint density at radius 1 is 1.03 bits per heavy atom. The summed E-state index contributed by atoms with van der Waals surface area (Å²) in [5.74, 6) is 2.37. The summed E-state index contributed by atoms with van der Waals surface area (Å²) in [6.07, 6.45) is 0.901. The number of rotatable bonds is 8. The maximum atomic E-state index is 5.81. The van der Waals surface area contributed by atoms with Crippen LogP contribution in [-0.4, -0.2) is 70.5 Å². The molecule has 10 heteroatoms. The fraction of sp³-hybridized carbons (Fsp3) is 0.462. The van der Waals surface area contributed by atoms with Crippen molar-refractivity contribution in [3.8, 4) is 11.5 Å². The molecule has 5 rings (SSSR count). The van der Waals surface area contributed by atoms with Crippen molar-refractivity contribution in [2.75, 3.05) is 45.3 Å². The monoisotopic (exact) mass is 507 g/mol. The first-order valence-electron chi connectivity index (χ1n) is 12.3. The second-order valence-electron chi connectivity index (χ2n) is 9.61. The summed E-state index contributed by atoms with van der Waals surface area (Å²) in [4.78, 5) is 9.69. The first kappa shape index (κ1) is 24.5. The molecular formula is C26H33N7O2S. The van der Waals surface area contributed by atoms with Gasteiger partial charge in [0.1, 0.15) is 17.5 Å². The van der Waals surface area contributed by atoms with Crippen molar-refractivity contribution >= 4 is 26.7 Å². The molecule has 9 nitrogen and oxygen atoms in total. The molecule has 0 aliphatic carbocycles. The number of benzene rings is 2. The molecule has 0 bridgehead atoms. The van der Waals surface area contributed by atoms with E-state index in [1.165, 1.54) is 4.70 Å². The van der Waals surface area contributed by atoms with Crippen LogP contribution in [0.25, 0.3) is 10.2 Å². The van der Waals surface area contributed by atoms with Crippen molar-refractivity contribution in [3.63, 3.8) is 0 Å². The first-order valence-corrected chi connectivity index (χ1v) is 13.1. The van der Waals surface area contributed by atoms with Gasteiger partial charge in [-0.2, -0.15) is 0 Å². The number of fused-ring (bicyclic) bond motifs is 1. The molecule has 190 valence electrons. The van der Waals surface area contributed by atoms with Gasteiger partial charge in [-0.3, -0.25) is 4.90 Å². The van der Waals surface area contributed by atoms with E-state index in [2.05, 4.69) is 64.3 Å². The van der Waals surface area contributed by atoms with E-state index in [0.717, 1.165) is 66.1 Å². The second-order valence-corrected chi connectivity index (χ2v) is 10.6. The zero-order valence-corrected chi connectivity index (χ0v) is 22.3. The Bertz CT molecular complexity index is 1290. The Hall–Kier alpha value is -3.24. The SMILES string of the molecule is CCC(C)(C)n1nnnc1[C@H](c1cc(OC)ccc1OC)N1CCN(c2nc3ccccc3s2)CC1. The predicted octanol–water partition coefficient (Wildman–Crippen LogP) is 4.36. The van der Waals surface area contributed by atoms with Gasteiger partial charge in [-0.05, 0) is 61.0 Å². The quantitative estimate of drug-likeness (QED) is 0.348. The average molecular weight is 508 g/mol. The second kappa shape index (κ2) is 10.0. The summed E-state index contributed by atoms with van der Waals surface area (Å²) in [7, 11) is 3.38. The van der Waals surface area contributed by atoms with Crippen molar-refractivity contribution < 1.29 is 9.47 Å². The van der Waals surface area contributed by atoms with Crippen molar-refractivity contribution in [1.82, 2.24) is 30.1 Å². The molecule has 3 heterocycles. The van der Waals surface area contributed by atoms with Gasteiger partial charge in [0.05, 0.1) is 30.0 Å². The van der Waals surface area contributed by atoms with Crippen LogP contribution < -0.4 is 14.4 Å². The highest BCUT2D eigenvalue weighted by Crippen LogP contribution is 2.39. The highest BCUT2D eigenvalue weighted by atomic mass is 32.1. The van der Waals surface area contributed by atoms with E-state index in [0.29, 0.717) is 0 Å². The van der Waals surface area contributed by atoms with Gasteiger partial charge in [0.15, 0.2) is 11.0 Å². The van der Waals surface area contributed by atoms with Crippen LogP contribution in [-0.2, 0) is 5.54 Å². The van der Waals surface area contributed by atoms with Gasteiger partial charge in [0, 0.05) is 31.7 Å². The van der Waals surface area contributed by atoms with Crippen molar-refractivity contribution in [2.24, 2.45) is 0 Å². The van der Waals surface area contributed by atoms with Gasteiger partial charge >= 0.3 is 0 Å². The number of nitrogens with zero attached hydrogens (tertiary/aromatic N) is 7. The van der Waals surface area contributed by atoms with Crippen molar-refractivity contribution in [3.05, 3.63) is 53.9 Å². The van der Waals surface area contributed by atoms with E-state index in [9.17, 15) is 0 Å². The van der Waals surface area contributed by atoms with E-state index in [1.54, 1.807) is 25.6 Å². The number of ether oxygens (including phenoxy) is 2. The topological polar surface area (TPSA) is 81.4 Å². The Labute approximate surface area is 215 Å². The van der Waals surface area contributed by atoms with Crippen LogP contribution in [0.4, 0.5) is 5.13 Å². The molecule has 1 aliphatic heterocycles. The molecule has 1 aliphatic rings. The van der Waals surface area contributed by atoms with Crippen LogP contribution >= 0.6 is 11.3 Å². The van der Waals surface area contributed by atoms with Gasteiger partial charge in [0.2, 0.25) is 0 Å². The third-order valence-corrected chi connectivity index (χ3v) is 8.24. The zero-order chi connectivity index (χ0) is 25.3. The summed E-state index contributed by atoms with van der Waals surface area (Å²) in [5, 5.41) is 14.2. The standard InChI is InChI=1S/C26H33N7O2S/c1-6-26(2,3)33-24(28-29-30-33)23(19-17-18(34-4)11-12-21(19)35-5)31-13-15-32(16-14-31)25-27-20-9-7-8-10-22(20)36-25/h7-12,17,23H,6,13-16H2,1-5H3/t23-/m0/s1. The molecule has 4 aromatic rings. The molecule has 0 N–H and O–H groups in total. The number of anilines is 1. The smallest absolute Gasteiger partial charge is 0.186 e. The minimum Gasteiger partial charge on any atom is -0.497 e. The van der Waals surface area contributed by atoms with Crippen molar-refractivity contribution in [2.45, 2.75) is 38.8 Å². The van der Waals surface area contributed by atoms with E-state index < -0.39 is 0 Å². The van der Waals surface area contributed by atoms with Gasteiger partial charge in [0.25, 0.3) is 0 Å². The Morgan fingerprint density at radius 2 is 1.81 bits per heavy atom. The number of aromatic nitrogens is 5. The number of tetrazole rings is 1. The Balaban J connectivity index is 1.50. The van der Waals surface area contributed by atoms with Gasteiger partial charge < -0.3 is 14.4 Å². The van der Waals surface area contributed by atoms with E-state index in [1.807, 2.05) is 28.9 Å². The van der Waals surface area contributed by atoms with Crippen LogP contribution in [0.5, 0.6) is 11.5 Å². The molecule has 1 atom stereocenters. The van der Waals surface area contributed by atoms with Crippen molar-refractivity contribution in [1.29, 1.82) is 0 Å². The fourth-order valence-electron chi connectivity index (χ4n) is 4.66. The minimum absolute atomic E-state index is 0.187. The summed E-state index contributed by atoms with van der Waals surface area (Å²) in [5.41, 5.74) is 1.82. The lowest BCUT2D eigenvalue weighted by Gasteiger charge is -2.40. The first-order chi connectivity index (χ1) is 17.4. The zero-order valence-electron chi connectivity index (χ0n) is 21.5. The molecule has 1 saturated heterocycles. The van der Waals surface area contributed by atoms with Gasteiger partial charge in [-0.25, -0.2) is 9.67 Å². The van der Waals surface area contributed by atoms with E-state index in [4.69, 9.17) is 14.5 Å².